The van der Waals surface area contributed by atoms with Crippen LogP contribution in [0.25, 0.3) is 11.4 Å². The quantitative estimate of drug-likeness (QED) is 0.884. The fourth-order valence-electron chi connectivity index (χ4n) is 2.57. The second kappa shape index (κ2) is 5.84. The summed E-state index contributed by atoms with van der Waals surface area (Å²) >= 11 is 0. The third kappa shape index (κ3) is 2.77. The number of nitrogens with one attached hydrogen (secondary N) is 1. The van der Waals surface area contributed by atoms with Gasteiger partial charge in [-0.25, -0.2) is 9.97 Å². The number of anilines is 1. The second-order valence-corrected chi connectivity index (χ2v) is 5.65. The Morgan fingerprint density at radius 1 is 1.29 bits per heavy atom. The summed E-state index contributed by atoms with van der Waals surface area (Å²) < 4.78 is 2.04. The highest BCUT2D eigenvalue weighted by Crippen LogP contribution is 2.40. The first kappa shape index (κ1) is 14.0. The summed E-state index contributed by atoms with van der Waals surface area (Å²) in [7, 11) is 0. The molecular weight excluding hydrogens is 262 g/mol. The molecule has 0 saturated heterocycles. The van der Waals surface area contributed by atoms with Crippen molar-refractivity contribution in [2.45, 2.75) is 52.5 Å². The first-order valence-electron chi connectivity index (χ1n) is 7.89. The maximum absolute atomic E-state index is 4.85. The summed E-state index contributed by atoms with van der Waals surface area (Å²) in [5.41, 5.74) is 3.23. The van der Waals surface area contributed by atoms with Crippen LogP contribution in [0.5, 0.6) is 0 Å². The molecule has 0 spiro atoms. The van der Waals surface area contributed by atoms with E-state index in [1.165, 1.54) is 12.8 Å². The van der Waals surface area contributed by atoms with E-state index in [0.717, 1.165) is 48.1 Å². The molecule has 1 aliphatic rings. The van der Waals surface area contributed by atoms with Gasteiger partial charge in [0.05, 0.1) is 11.4 Å². The topological polar surface area (TPSA) is 55.6 Å². The van der Waals surface area contributed by atoms with Crippen LogP contribution in [0.2, 0.25) is 0 Å². The highest BCUT2D eigenvalue weighted by Gasteiger charge is 2.28. The van der Waals surface area contributed by atoms with Crippen molar-refractivity contribution >= 4 is 5.82 Å². The van der Waals surface area contributed by atoms with Gasteiger partial charge in [0.25, 0.3) is 0 Å². The minimum absolute atomic E-state index is 0.546. The Balaban J connectivity index is 2.09. The zero-order valence-corrected chi connectivity index (χ0v) is 13.1. The lowest BCUT2D eigenvalue weighted by molar-refractivity contribution is 0.607. The number of aromatic nitrogens is 4. The Morgan fingerprint density at radius 3 is 2.76 bits per heavy atom. The standard InChI is InChI=1S/C16H23N5/c1-4-10-21-13(8-9-18-21)14-11(3)15(17-5-2)20-16(19-14)12-6-7-12/h8-9,12H,4-7,10H2,1-3H3,(H,17,19,20). The number of hydrogen-bond acceptors (Lipinski definition) is 4. The Bertz CT molecular complexity index is 628. The highest BCUT2D eigenvalue weighted by atomic mass is 15.3. The van der Waals surface area contributed by atoms with Crippen LogP contribution in [0.1, 0.15) is 50.4 Å². The molecule has 0 aromatic carbocycles. The van der Waals surface area contributed by atoms with Crippen molar-refractivity contribution in [2.24, 2.45) is 0 Å². The number of aryl methyl sites for hydroxylation is 1. The van der Waals surface area contributed by atoms with Gasteiger partial charge in [0.2, 0.25) is 0 Å². The Kier molecular flexibility index (Phi) is 3.90. The maximum atomic E-state index is 4.85. The minimum atomic E-state index is 0.546. The third-order valence-electron chi connectivity index (χ3n) is 3.84. The zero-order valence-electron chi connectivity index (χ0n) is 13.1. The zero-order chi connectivity index (χ0) is 14.8. The van der Waals surface area contributed by atoms with Gasteiger partial charge in [0, 0.05) is 30.8 Å². The fraction of sp³-hybridized carbons (Fsp3) is 0.562. The van der Waals surface area contributed by atoms with E-state index in [4.69, 9.17) is 9.97 Å². The largest absolute Gasteiger partial charge is 0.370 e. The molecular formula is C16H23N5. The molecule has 2 heterocycles. The molecule has 2 aromatic rings. The molecule has 1 fully saturated rings. The van der Waals surface area contributed by atoms with Crippen LogP contribution in [-0.2, 0) is 6.54 Å². The van der Waals surface area contributed by atoms with E-state index in [1.54, 1.807) is 0 Å². The van der Waals surface area contributed by atoms with Crippen LogP contribution in [0, 0.1) is 6.92 Å². The molecule has 1 saturated carbocycles. The summed E-state index contributed by atoms with van der Waals surface area (Å²) in [6.45, 7) is 8.14. The predicted molar refractivity (Wildman–Crippen MR) is 84.4 cm³/mol. The molecule has 3 rings (SSSR count). The van der Waals surface area contributed by atoms with Crippen molar-refractivity contribution in [1.82, 2.24) is 19.7 Å². The van der Waals surface area contributed by atoms with Gasteiger partial charge in [0.15, 0.2) is 0 Å². The Labute approximate surface area is 125 Å². The van der Waals surface area contributed by atoms with E-state index in [2.05, 4.69) is 37.3 Å². The first-order valence-corrected chi connectivity index (χ1v) is 7.89. The van der Waals surface area contributed by atoms with Crippen LogP contribution in [0.15, 0.2) is 12.3 Å². The van der Waals surface area contributed by atoms with E-state index in [1.807, 2.05) is 10.9 Å². The summed E-state index contributed by atoms with van der Waals surface area (Å²) in [5.74, 6) is 2.49. The highest BCUT2D eigenvalue weighted by molar-refractivity contribution is 5.65. The van der Waals surface area contributed by atoms with E-state index < -0.39 is 0 Å². The minimum Gasteiger partial charge on any atom is -0.370 e. The van der Waals surface area contributed by atoms with Gasteiger partial charge in [0.1, 0.15) is 11.6 Å². The van der Waals surface area contributed by atoms with Crippen molar-refractivity contribution < 1.29 is 0 Å². The monoisotopic (exact) mass is 285 g/mol. The lowest BCUT2D eigenvalue weighted by atomic mass is 10.1. The van der Waals surface area contributed by atoms with E-state index in [0.29, 0.717) is 5.92 Å². The van der Waals surface area contributed by atoms with Gasteiger partial charge < -0.3 is 5.32 Å². The van der Waals surface area contributed by atoms with Crippen LogP contribution < -0.4 is 5.32 Å². The number of hydrogen-bond donors (Lipinski definition) is 1. The van der Waals surface area contributed by atoms with E-state index in [-0.39, 0.29) is 0 Å². The second-order valence-electron chi connectivity index (χ2n) is 5.65. The van der Waals surface area contributed by atoms with Crippen molar-refractivity contribution in [2.75, 3.05) is 11.9 Å². The predicted octanol–water partition coefficient (Wildman–Crippen LogP) is 3.37. The van der Waals surface area contributed by atoms with Crippen molar-refractivity contribution in [1.29, 1.82) is 0 Å². The number of rotatable bonds is 6. The molecule has 0 bridgehead atoms. The molecule has 1 N–H and O–H groups in total. The third-order valence-corrected chi connectivity index (χ3v) is 3.84. The lowest BCUT2D eigenvalue weighted by Gasteiger charge is -2.14. The van der Waals surface area contributed by atoms with Crippen molar-refractivity contribution in [3.63, 3.8) is 0 Å². The van der Waals surface area contributed by atoms with Gasteiger partial charge >= 0.3 is 0 Å². The molecule has 0 unspecified atom stereocenters. The van der Waals surface area contributed by atoms with Crippen LogP contribution >= 0.6 is 0 Å². The van der Waals surface area contributed by atoms with Gasteiger partial charge in [-0.15, -0.1) is 0 Å². The number of nitrogens with zero attached hydrogens (tertiary/aromatic N) is 4. The molecule has 0 amide bonds. The summed E-state index contributed by atoms with van der Waals surface area (Å²) in [6.07, 6.45) is 5.34. The molecule has 1 aliphatic carbocycles. The van der Waals surface area contributed by atoms with Crippen molar-refractivity contribution in [3.8, 4) is 11.4 Å². The molecule has 21 heavy (non-hydrogen) atoms. The van der Waals surface area contributed by atoms with Crippen LogP contribution in [-0.4, -0.2) is 26.3 Å². The smallest absolute Gasteiger partial charge is 0.134 e. The average Bonchev–Trinajstić information content (AvgIpc) is 3.22. The molecule has 0 radical (unpaired) electrons. The van der Waals surface area contributed by atoms with Gasteiger partial charge in [-0.2, -0.15) is 5.10 Å². The van der Waals surface area contributed by atoms with Gasteiger partial charge in [-0.05, 0) is 39.2 Å². The summed E-state index contributed by atoms with van der Waals surface area (Å²) in [6, 6.07) is 2.05. The molecule has 112 valence electrons. The van der Waals surface area contributed by atoms with E-state index in [9.17, 15) is 0 Å². The molecule has 0 atom stereocenters. The molecule has 5 heteroatoms. The van der Waals surface area contributed by atoms with Crippen LogP contribution in [0.4, 0.5) is 5.82 Å². The van der Waals surface area contributed by atoms with Gasteiger partial charge in [-0.3, -0.25) is 4.68 Å². The first-order chi connectivity index (χ1) is 10.2. The fourth-order valence-corrected chi connectivity index (χ4v) is 2.57. The normalized spacial score (nSPS) is 14.4. The summed E-state index contributed by atoms with van der Waals surface area (Å²) in [4.78, 5) is 9.57. The van der Waals surface area contributed by atoms with Crippen LogP contribution in [0.3, 0.4) is 0 Å². The molecule has 5 nitrogen and oxygen atoms in total. The SMILES string of the molecule is CCCn1nccc1-c1nc(C2CC2)nc(NCC)c1C. The Morgan fingerprint density at radius 2 is 2.10 bits per heavy atom. The lowest BCUT2D eigenvalue weighted by Crippen LogP contribution is -2.09. The molecule has 2 aromatic heterocycles. The summed E-state index contributed by atoms with van der Waals surface area (Å²) in [5, 5.41) is 7.80. The maximum Gasteiger partial charge on any atom is 0.134 e. The Hall–Kier alpha value is -1.91. The van der Waals surface area contributed by atoms with Gasteiger partial charge in [-0.1, -0.05) is 6.92 Å². The molecule has 0 aliphatic heterocycles. The van der Waals surface area contributed by atoms with E-state index >= 15 is 0 Å². The van der Waals surface area contributed by atoms with Crippen molar-refractivity contribution in [3.05, 3.63) is 23.7 Å². The average molecular weight is 285 g/mol.